The highest BCUT2D eigenvalue weighted by Crippen LogP contribution is 2.33. The van der Waals surface area contributed by atoms with Crippen molar-refractivity contribution in [2.45, 2.75) is 0 Å². The molecule has 0 atom stereocenters. The Kier molecular flexibility index (Phi) is 4.42. The molecule has 3 heterocycles. The minimum atomic E-state index is -0.206. The monoisotopic (exact) mass is 400 g/mol. The molecule has 1 aliphatic rings. The summed E-state index contributed by atoms with van der Waals surface area (Å²) in [6, 6.07) is 20.5. The van der Waals surface area contributed by atoms with E-state index in [-0.39, 0.29) is 12.5 Å². The first-order valence-electron chi connectivity index (χ1n) is 9.06. The van der Waals surface area contributed by atoms with Crippen LogP contribution >= 0.6 is 11.3 Å². The lowest BCUT2D eigenvalue weighted by Crippen LogP contribution is -2.37. The Hall–Kier alpha value is -3.71. The van der Waals surface area contributed by atoms with Crippen LogP contribution < -0.4 is 10.6 Å². The van der Waals surface area contributed by atoms with Gasteiger partial charge in [-0.15, -0.1) is 11.3 Å². The van der Waals surface area contributed by atoms with Crippen molar-refractivity contribution in [2.75, 3.05) is 11.9 Å². The van der Waals surface area contributed by atoms with Crippen LogP contribution in [0.2, 0.25) is 0 Å². The van der Waals surface area contributed by atoms with Gasteiger partial charge in [0.05, 0.1) is 21.5 Å². The summed E-state index contributed by atoms with van der Waals surface area (Å²) < 4.78 is 0.994. The van der Waals surface area contributed by atoms with Gasteiger partial charge in [-0.1, -0.05) is 47.6 Å². The second-order valence-electron chi connectivity index (χ2n) is 6.54. The number of thiophene rings is 1. The second-order valence-corrected chi connectivity index (χ2v) is 7.62. The fraction of sp³-hybridized carbons (Fsp3) is 0.0455. The normalized spacial score (nSPS) is 13.5. The highest BCUT2D eigenvalue weighted by Gasteiger charge is 2.18. The number of anilines is 2. The number of benzene rings is 2. The van der Waals surface area contributed by atoms with Gasteiger partial charge in [-0.3, -0.25) is 9.78 Å². The van der Waals surface area contributed by atoms with Crippen molar-refractivity contribution in [1.29, 1.82) is 0 Å². The van der Waals surface area contributed by atoms with E-state index in [9.17, 15) is 4.79 Å². The van der Waals surface area contributed by atoms with Crippen LogP contribution in [0.5, 0.6) is 0 Å². The Labute approximate surface area is 170 Å². The fourth-order valence-corrected chi connectivity index (χ4v) is 4.15. The van der Waals surface area contributed by atoms with Gasteiger partial charge in [0.2, 0.25) is 0 Å². The zero-order chi connectivity index (χ0) is 19.6. The highest BCUT2D eigenvalue weighted by molar-refractivity contribution is 7.21. The van der Waals surface area contributed by atoms with Crippen molar-refractivity contribution >= 4 is 44.5 Å². The van der Waals surface area contributed by atoms with Gasteiger partial charge in [0, 0.05) is 17.3 Å². The molecule has 0 saturated carbocycles. The van der Waals surface area contributed by atoms with E-state index in [2.05, 4.69) is 45.0 Å². The molecule has 1 amide bonds. The van der Waals surface area contributed by atoms with Crippen LogP contribution in [0.4, 0.5) is 11.4 Å². The molecule has 1 aliphatic heterocycles. The largest absolute Gasteiger partial charge is 0.384 e. The summed E-state index contributed by atoms with van der Waals surface area (Å²) in [5, 5.41) is 11.1. The van der Waals surface area contributed by atoms with Crippen LogP contribution in [0.15, 0.2) is 78.2 Å². The molecule has 0 saturated heterocycles. The molecule has 2 aromatic heterocycles. The van der Waals surface area contributed by atoms with Gasteiger partial charge < -0.3 is 15.5 Å². The molecule has 2 aromatic carbocycles. The number of rotatable bonds is 4. The van der Waals surface area contributed by atoms with Crippen LogP contribution in [0, 0.1) is 0 Å². The number of oxime groups is 1. The number of carbonyl (C=O) groups is 1. The van der Waals surface area contributed by atoms with Crippen molar-refractivity contribution in [3.8, 4) is 11.1 Å². The third kappa shape index (κ3) is 3.55. The van der Waals surface area contributed by atoms with Crippen molar-refractivity contribution < 1.29 is 9.63 Å². The lowest BCUT2D eigenvalue weighted by molar-refractivity contribution is -0.125. The van der Waals surface area contributed by atoms with Gasteiger partial charge in [-0.2, -0.15) is 0 Å². The molecule has 29 heavy (non-hydrogen) atoms. The molecule has 0 unspecified atom stereocenters. The standard InChI is InChI=1S/C22H16N4O2S/c27-21-13-28-26-22(25-21)19-10-17-18(11-23-12-20(17)29-19)24-16-8-6-15(7-9-16)14-4-2-1-3-5-14/h1-12,24H,13H2,(H,25,26,27). The van der Waals surface area contributed by atoms with Crippen LogP contribution in [0.25, 0.3) is 21.2 Å². The number of aromatic nitrogens is 1. The number of pyridine rings is 1. The maximum atomic E-state index is 11.6. The average molecular weight is 400 g/mol. The summed E-state index contributed by atoms with van der Waals surface area (Å²) in [5.74, 6) is 0.225. The molecule has 5 rings (SSSR count). The predicted octanol–water partition coefficient (Wildman–Crippen LogP) is 4.51. The molecule has 7 heteroatoms. The number of amides is 1. The number of fused-ring (bicyclic) bond motifs is 1. The van der Waals surface area contributed by atoms with Gasteiger partial charge >= 0.3 is 0 Å². The lowest BCUT2D eigenvalue weighted by Gasteiger charge is -2.11. The second kappa shape index (κ2) is 7.37. The predicted molar refractivity (Wildman–Crippen MR) is 115 cm³/mol. The molecule has 0 fully saturated rings. The van der Waals surface area contributed by atoms with Crippen LogP contribution in [0.1, 0.15) is 4.88 Å². The van der Waals surface area contributed by atoms with E-state index in [1.54, 1.807) is 12.4 Å². The van der Waals surface area contributed by atoms with E-state index in [4.69, 9.17) is 4.84 Å². The minimum absolute atomic E-state index is 0.0538. The summed E-state index contributed by atoms with van der Waals surface area (Å²) in [4.78, 5) is 21.7. The quantitative estimate of drug-likeness (QED) is 0.528. The molecule has 4 aromatic rings. The van der Waals surface area contributed by atoms with Crippen molar-refractivity contribution in [2.24, 2.45) is 5.16 Å². The molecule has 0 radical (unpaired) electrons. The molecule has 6 nitrogen and oxygen atoms in total. The Balaban J connectivity index is 1.43. The van der Waals surface area contributed by atoms with Crippen molar-refractivity contribution in [1.82, 2.24) is 10.3 Å². The van der Waals surface area contributed by atoms with E-state index in [0.717, 1.165) is 31.9 Å². The van der Waals surface area contributed by atoms with Gasteiger partial charge in [0.1, 0.15) is 0 Å². The first kappa shape index (κ1) is 17.4. The molecule has 0 spiro atoms. The minimum Gasteiger partial charge on any atom is -0.384 e. The van der Waals surface area contributed by atoms with E-state index in [1.807, 2.05) is 36.4 Å². The average Bonchev–Trinajstić information content (AvgIpc) is 3.21. The lowest BCUT2D eigenvalue weighted by atomic mass is 10.1. The Morgan fingerprint density at radius 1 is 1.00 bits per heavy atom. The number of nitrogens with one attached hydrogen (secondary N) is 2. The summed E-state index contributed by atoms with van der Waals surface area (Å²) >= 11 is 1.50. The zero-order valence-corrected chi connectivity index (χ0v) is 16.1. The van der Waals surface area contributed by atoms with Crippen LogP contribution in [0.3, 0.4) is 0 Å². The summed E-state index contributed by atoms with van der Waals surface area (Å²) in [6.45, 7) is -0.0538. The van der Waals surface area contributed by atoms with Gasteiger partial charge in [-0.25, -0.2) is 0 Å². The topological polar surface area (TPSA) is 75.6 Å². The smallest absolute Gasteiger partial charge is 0.266 e. The van der Waals surface area contributed by atoms with Crippen molar-refractivity contribution in [3.63, 3.8) is 0 Å². The third-order valence-electron chi connectivity index (χ3n) is 4.56. The highest BCUT2D eigenvalue weighted by atomic mass is 32.1. The van der Waals surface area contributed by atoms with Crippen LogP contribution in [-0.2, 0) is 9.63 Å². The first-order valence-corrected chi connectivity index (χ1v) is 9.88. The summed E-state index contributed by atoms with van der Waals surface area (Å²) in [5.41, 5.74) is 4.21. The van der Waals surface area contributed by atoms with Crippen molar-refractivity contribution in [3.05, 3.63) is 77.9 Å². The SMILES string of the molecule is O=C1CON=C(c2cc3c(Nc4ccc(-c5ccccc5)cc4)cncc3s2)N1. The molecular weight excluding hydrogens is 384 g/mol. The van der Waals surface area contributed by atoms with Crippen LogP contribution in [-0.4, -0.2) is 23.3 Å². The maximum Gasteiger partial charge on any atom is 0.266 e. The first-order chi connectivity index (χ1) is 14.3. The summed E-state index contributed by atoms with van der Waals surface area (Å²) in [7, 11) is 0. The molecular formula is C22H16N4O2S. The molecule has 0 bridgehead atoms. The third-order valence-corrected chi connectivity index (χ3v) is 5.64. The maximum absolute atomic E-state index is 11.6. The van der Waals surface area contributed by atoms with Gasteiger partial charge in [-0.05, 0) is 29.3 Å². The van der Waals surface area contributed by atoms with E-state index in [1.165, 1.54) is 16.9 Å². The van der Waals surface area contributed by atoms with E-state index >= 15 is 0 Å². The van der Waals surface area contributed by atoms with E-state index < -0.39 is 0 Å². The number of nitrogens with zero attached hydrogens (tertiary/aromatic N) is 2. The fourth-order valence-electron chi connectivity index (χ4n) is 3.16. The van der Waals surface area contributed by atoms with Gasteiger partial charge in [0.15, 0.2) is 12.4 Å². The number of amidine groups is 1. The number of carbonyl (C=O) groups excluding carboxylic acids is 1. The Morgan fingerprint density at radius 2 is 1.79 bits per heavy atom. The molecule has 0 aliphatic carbocycles. The zero-order valence-electron chi connectivity index (χ0n) is 15.3. The summed E-state index contributed by atoms with van der Waals surface area (Å²) in [6.07, 6.45) is 3.60. The molecule has 2 N–H and O–H groups in total. The Bertz CT molecular complexity index is 1220. The number of hydrogen-bond donors (Lipinski definition) is 2. The van der Waals surface area contributed by atoms with Gasteiger partial charge in [0.25, 0.3) is 5.91 Å². The number of hydrogen-bond acceptors (Lipinski definition) is 6. The molecule has 142 valence electrons. The van der Waals surface area contributed by atoms with E-state index in [0.29, 0.717) is 5.84 Å². The Morgan fingerprint density at radius 3 is 2.59 bits per heavy atom.